The molecule has 1 heterocycles. The van der Waals surface area contributed by atoms with Gasteiger partial charge in [-0.15, -0.1) is 0 Å². The van der Waals surface area contributed by atoms with Crippen LogP contribution >= 0.6 is 0 Å². The van der Waals surface area contributed by atoms with Gasteiger partial charge < -0.3 is 5.11 Å². The lowest BCUT2D eigenvalue weighted by atomic mass is 10.1. The Labute approximate surface area is 70.9 Å². The first-order chi connectivity index (χ1) is 5.92. The Morgan fingerprint density at radius 2 is 2.17 bits per heavy atom. The molecule has 0 fully saturated rings. The minimum atomic E-state index is 0.0652. The molecule has 12 heavy (non-hydrogen) atoms. The summed E-state index contributed by atoms with van der Waals surface area (Å²) in [6.45, 7) is 0.0652. The van der Waals surface area contributed by atoms with E-state index in [1.807, 2.05) is 24.3 Å². The molecule has 1 aromatic carbocycles. The Kier molecular flexibility index (Phi) is 1.76. The minimum Gasteiger partial charge on any atom is -0.392 e. The smallest absolute Gasteiger partial charge is 0.0708 e. The maximum absolute atomic E-state index is 8.71. The summed E-state index contributed by atoms with van der Waals surface area (Å²) in [6.07, 6.45) is 3.54. The van der Waals surface area contributed by atoms with Gasteiger partial charge in [-0.2, -0.15) is 0 Å². The van der Waals surface area contributed by atoms with E-state index >= 15 is 0 Å². The van der Waals surface area contributed by atoms with Gasteiger partial charge in [-0.05, 0) is 12.1 Å². The quantitative estimate of drug-likeness (QED) is 0.665. The third-order valence-electron chi connectivity index (χ3n) is 1.87. The van der Waals surface area contributed by atoms with Crippen molar-refractivity contribution in [3.63, 3.8) is 0 Å². The summed E-state index contributed by atoms with van der Waals surface area (Å²) in [5.74, 6) is 0. The summed E-state index contributed by atoms with van der Waals surface area (Å²) in [5.41, 5.74) is 3.09. The molecule has 0 aromatic heterocycles. The van der Waals surface area contributed by atoms with Crippen LogP contribution in [-0.2, 0) is 0 Å². The van der Waals surface area contributed by atoms with Crippen molar-refractivity contribution in [3.05, 3.63) is 35.9 Å². The summed E-state index contributed by atoms with van der Waals surface area (Å²) >= 11 is 0. The number of aliphatic imine (C=N–C) groups is 1. The van der Waals surface area contributed by atoms with Crippen molar-refractivity contribution in [3.8, 4) is 0 Å². The normalized spacial score (nSPS) is 16.9. The van der Waals surface area contributed by atoms with Gasteiger partial charge in [-0.25, -0.2) is 0 Å². The molecule has 0 unspecified atom stereocenters. The summed E-state index contributed by atoms with van der Waals surface area (Å²) < 4.78 is 0. The van der Waals surface area contributed by atoms with E-state index in [0.717, 1.165) is 16.8 Å². The highest BCUT2D eigenvalue weighted by atomic mass is 16.2. The van der Waals surface area contributed by atoms with Crippen molar-refractivity contribution in [1.82, 2.24) is 0 Å². The van der Waals surface area contributed by atoms with E-state index in [1.54, 1.807) is 12.3 Å². The van der Waals surface area contributed by atoms with Crippen molar-refractivity contribution in [2.45, 2.75) is 0 Å². The highest BCUT2D eigenvalue weighted by Crippen LogP contribution is 2.30. The van der Waals surface area contributed by atoms with E-state index in [4.69, 9.17) is 5.11 Å². The Balaban J connectivity index is 2.49. The molecule has 1 aliphatic heterocycles. The van der Waals surface area contributed by atoms with Gasteiger partial charge in [0.05, 0.1) is 12.3 Å². The zero-order valence-electron chi connectivity index (χ0n) is 6.57. The fourth-order valence-corrected chi connectivity index (χ4v) is 1.30. The summed E-state index contributed by atoms with van der Waals surface area (Å²) in [4.78, 5) is 4.19. The highest BCUT2D eigenvalue weighted by molar-refractivity contribution is 6.16. The van der Waals surface area contributed by atoms with Crippen molar-refractivity contribution in [1.29, 1.82) is 0 Å². The number of para-hydroxylation sites is 1. The first-order valence-electron chi connectivity index (χ1n) is 3.86. The molecule has 2 rings (SSSR count). The number of nitrogens with zero attached hydrogens (tertiary/aromatic N) is 1. The van der Waals surface area contributed by atoms with E-state index in [1.165, 1.54) is 0 Å². The molecule has 0 saturated heterocycles. The molecule has 60 valence electrons. The number of rotatable bonds is 1. The molecule has 1 aliphatic rings. The molecule has 1 aromatic rings. The van der Waals surface area contributed by atoms with E-state index in [0.29, 0.717) is 0 Å². The van der Waals surface area contributed by atoms with Crippen LogP contribution in [0.3, 0.4) is 0 Å². The summed E-state index contributed by atoms with van der Waals surface area (Å²) in [5, 5.41) is 8.71. The lowest BCUT2D eigenvalue weighted by Gasteiger charge is -1.96. The van der Waals surface area contributed by atoms with Crippen LogP contribution in [0.1, 0.15) is 5.56 Å². The Morgan fingerprint density at radius 1 is 1.33 bits per heavy atom. The third-order valence-corrected chi connectivity index (χ3v) is 1.87. The van der Waals surface area contributed by atoms with Crippen LogP contribution in [0.15, 0.2) is 35.3 Å². The number of benzene rings is 1. The van der Waals surface area contributed by atoms with Gasteiger partial charge in [0.15, 0.2) is 0 Å². The molecule has 0 saturated carbocycles. The Bertz CT molecular complexity index is 353. The van der Waals surface area contributed by atoms with E-state index < -0.39 is 0 Å². The minimum absolute atomic E-state index is 0.0652. The molecule has 2 nitrogen and oxygen atoms in total. The van der Waals surface area contributed by atoms with Crippen molar-refractivity contribution >= 4 is 17.5 Å². The van der Waals surface area contributed by atoms with Gasteiger partial charge >= 0.3 is 0 Å². The number of fused-ring (bicyclic) bond motifs is 1. The predicted octanol–water partition coefficient (Wildman–Crippen LogP) is 1.78. The topological polar surface area (TPSA) is 32.6 Å². The second-order valence-corrected chi connectivity index (χ2v) is 2.62. The van der Waals surface area contributed by atoms with Gasteiger partial charge in [0.25, 0.3) is 0 Å². The number of aliphatic hydroxyl groups excluding tert-OH is 1. The van der Waals surface area contributed by atoms with Gasteiger partial charge in [-0.3, -0.25) is 4.99 Å². The largest absolute Gasteiger partial charge is 0.392 e. The van der Waals surface area contributed by atoms with Crippen LogP contribution in [0.5, 0.6) is 0 Å². The van der Waals surface area contributed by atoms with Crippen LogP contribution in [0, 0.1) is 0 Å². The number of aliphatic hydroxyl groups is 1. The van der Waals surface area contributed by atoms with Crippen LogP contribution < -0.4 is 0 Å². The summed E-state index contributed by atoms with van der Waals surface area (Å²) in [6, 6.07) is 7.89. The lowest BCUT2D eigenvalue weighted by Crippen LogP contribution is -1.82. The molecular weight excluding hydrogens is 150 g/mol. The SMILES string of the molecule is OC/C=C1\C=Nc2ccccc21. The van der Waals surface area contributed by atoms with Crippen LogP contribution in [0.2, 0.25) is 0 Å². The first kappa shape index (κ1) is 7.25. The molecule has 1 N–H and O–H groups in total. The lowest BCUT2D eigenvalue weighted by molar-refractivity contribution is 0.343. The monoisotopic (exact) mass is 159 g/mol. The molecule has 0 spiro atoms. The zero-order valence-corrected chi connectivity index (χ0v) is 6.57. The molecule has 2 heteroatoms. The molecular formula is C10H9NO. The number of hydrogen-bond acceptors (Lipinski definition) is 2. The molecule has 0 radical (unpaired) electrons. The Hall–Kier alpha value is -1.41. The van der Waals surface area contributed by atoms with Gasteiger partial charge in [0.1, 0.15) is 0 Å². The fourth-order valence-electron chi connectivity index (χ4n) is 1.30. The molecule has 0 atom stereocenters. The third kappa shape index (κ3) is 1.06. The van der Waals surface area contributed by atoms with Gasteiger partial charge in [-0.1, -0.05) is 18.2 Å². The predicted molar refractivity (Wildman–Crippen MR) is 49.7 cm³/mol. The van der Waals surface area contributed by atoms with Gasteiger partial charge in [0, 0.05) is 17.4 Å². The standard InChI is InChI=1S/C10H9NO/c12-6-5-8-7-11-10-4-2-1-3-9(8)10/h1-5,7,12H,6H2/b8-5+. The molecule has 0 aliphatic carbocycles. The zero-order chi connectivity index (χ0) is 8.39. The average molecular weight is 159 g/mol. The molecule has 0 bridgehead atoms. The van der Waals surface area contributed by atoms with E-state index in [9.17, 15) is 0 Å². The highest BCUT2D eigenvalue weighted by Gasteiger charge is 2.09. The van der Waals surface area contributed by atoms with Gasteiger partial charge in [0.2, 0.25) is 0 Å². The maximum atomic E-state index is 8.71. The van der Waals surface area contributed by atoms with E-state index in [2.05, 4.69) is 4.99 Å². The summed E-state index contributed by atoms with van der Waals surface area (Å²) in [7, 11) is 0. The Morgan fingerprint density at radius 3 is 3.00 bits per heavy atom. The number of allylic oxidation sites excluding steroid dienone is 1. The van der Waals surface area contributed by atoms with Crippen molar-refractivity contribution < 1.29 is 5.11 Å². The van der Waals surface area contributed by atoms with Crippen molar-refractivity contribution in [2.24, 2.45) is 4.99 Å². The molecule has 0 amide bonds. The first-order valence-corrected chi connectivity index (χ1v) is 3.86. The van der Waals surface area contributed by atoms with Crippen LogP contribution in [0.4, 0.5) is 5.69 Å². The van der Waals surface area contributed by atoms with E-state index in [-0.39, 0.29) is 6.61 Å². The number of hydrogen-bond donors (Lipinski definition) is 1. The average Bonchev–Trinajstić information content (AvgIpc) is 2.50. The second kappa shape index (κ2) is 2.91. The fraction of sp³-hybridized carbons (Fsp3) is 0.100. The van der Waals surface area contributed by atoms with Crippen LogP contribution in [0.25, 0.3) is 5.57 Å². The maximum Gasteiger partial charge on any atom is 0.0708 e. The van der Waals surface area contributed by atoms with Crippen molar-refractivity contribution in [2.75, 3.05) is 6.61 Å². The second-order valence-electron chi connectivity index (χ2n) is 2.62. The van der Waals surface area contributed by atoms with Crippen LogP contribution in [-0.4, -0.2) is 17.9 Å².